The van der Waals surface area contributed by atoms with Crippen LogP contribution in [0.2, 0.25) is 0 Å². The molecule has 1 amide bonds. The van der Waals surface area contributed by atoms with E-state index in [1.807, 2.05) is 0 Å². The molecule has 0 saturated carbocycles. The molecule has 2 unspecified atom stereocenters. The first-order valence-electron chi connectivity index (χ1n) is 6.49. The van der Waals surface area contributed by atoms with E-state index < -0.39 is 0 Å². The largest absolute Gasteiger partial charge is 0.453 e. The molecule has 0 radical (unpaired) electrons. The molecule has 106 valence electrons. The van der Waals surface area contributed by atoms with Crippen molar-refractivity contribution in [3.8, 4) is 0 Å². The molecule has 2 atom stereocenters. The number of carbonyl (C=O) groups excluding carboxylic acids is 1. The van der Waals surface area contributed by atoms with E-state index in [-0.39, 0.29) is 25.3 Å². The van der Waals surface area contributed by atoms with Gasteiger partial charge in [0.1, 0.15) is 0 Å². The molecule has 0 aliphatic carbocycles. The number of nitrogens with one attached hydrogen (secondary N) is 1. The van der Waals surface area contributed by atoms with Crippen LogP contribution in [0.5, 0.6) is 0 Å². The first-order chi connectivity index (χ1) is 8.71. The summed E-state index contributed by atoms with van der Waals surface area (Å²) in [5.74, 6) is 0.376. The van der Waals surface area contributed by atoms with Gasteiger partial charge >= 0.3 is 6.09 Å². The Bertz CT molecular complexity index is 234. The zero-order chi connectivity index (χ0) is 13.4. The molecule has 1 rings (SSSR count). The van der Waals surface area contributed by atoms with Crippen LogP contribution in [0.3, 0.4) is 0 Å². The molecule has 18 heavy (non-hydrogen) atoms. The molecule has 6 nitrogen and oxygen atoms in total. The fourth-order valence-corrected chi connectivity index (χ4v) is 2.49. The van der Waals surface area contributed by atoms with Crippen molar-refractivity contribution in [2.75, 3.05) is 40.0 Å². The number of amides is 1. The Balaban J connectivity index is 2.51. The number of ether oxygens (including phenoxy) is 1. The van der Waals surface area contributed by atoms with Gasteiger partial charge in [0.2, 0.25) is 0 Å². The van der Waals surface area contributed by atoms with Crippen LogP contribution >= 0.6 is 0 Å². The maximum atomic E-state index is 11.6. The Morgan fingerprint density at radius 2 is 2.17 bits per heavy atom. The van der Waals surface area contributed by atoms with E-state index in [0.717, 1.165) is 19.3 Å². The molecule has 6 heteroatoms. The fraction of sp³-hybridized carbons (Fsp3) is 0.917. The van der Waals surface area contributed by atoms with Crippen LogP contribution in [0.25, 0.3) is 0 Å². The van der Waals surface area contributed by atoms with E-state index in [1.165, 1.54) is 7.11 Å². The summed E-state index contributed by atoms with van der Waals surface area (Å²) < 4.78 is 4.76. The minimum atomic E-state index is -0.306. The number of rotatable bonds is 6. The summed E-state index contributed by atoms with van der Waals surface area (Å²) >= 11 is 0. The molecule has 1 aliphatic rings. The number of aliphatic hydroxyl groups is 2. The molecule has 0 bridgehead atoms. The Morgan fingerprint density at radius 1 is 1.39 bits per heavy atom. The summed E-state index contributed by atoms with van der Waals surface area (Å²) in [4.78, 5) is 13.3. The van der Waals surface area contributed by atoms with Gasteiger partial charge in [0.25, 0.3) is 0 Å². The van der Waals surface area contributed by atoms with Gasteiger partial charge in [0.15, 0.2) is 0 Å². The van der Waals surface area contributed by atoms with Gasteiger partial charge in [0.05, 0.1) is 13.7 Å². The predicted molar refractivity (Wildman–Crippen MR) is 67.3 cm³/mol. The third kappa shape index (κ3) is 4.80. The minimum absolute atomic E-state index is 0.0933. The quantitative estimate of drug-likeness (QED) is 0.616. The maximum absolute atomic E-state index is 11.6. The molecular weight excluding hydrogens is 236 g/mol. The third-order valence-corrected chi connectivity index (χ3v) is 3.29. The lowest BCUT2D eigenvalue weighted by Crippen LogP contribution is -2.51. The van der Waals surface area contributed by atoms with Crippen molar-refractivity contribution in [3.05, 3.63) is 0 Å². The summed E-state index contributed by atoms with van der Waals surface area (Å²) in [5.41, 5.74) is 0. The number of hydrogen-bond donors (Lipinski definition) is 3. The van der Waals surface area contributed by atoms with E-state index in [0.29, 0.717) is 25.6 Å². The Kier molecular flexibility index (Phi) is 7.00. The van der Waals surface area contributed by atoms with Gasteiger partial charge in [-0.1, -0.05) is 0 Å². The van der Waals surface area contributed by atoms with Gasteiger partial charge in [0, 0.05) is 32.3 Å². The summed E-state index contributed by atoms with van der Waals surface area (Å²) in [6.45, 7) is 2.11. The van der Waals surface area contributed by atoms with E-state index in [2.05, 4.69) is 5.32 Å². The summed E-state index contributed by atoms with van der Waals surface area (Å²) in [6, 6.07) is 0.189. The van der Waals surface area contributed by atoms with Gasteiger partial charge in [-0.3, -0.25) is 0 Å². The second-order valence-corrected chi connectivity index (χ2v) is 4.72. The van der Waals surface area contributed by atoms with E-state index in [1.54, 1.807) is 4.90 Å². The number of piperidine rings is 1. The number of methoxy groups -OCH3 is 1. The van der Waals surface area contributed by atoms with Gasteiger partial charge in [-0.15, -0.1) is 0 Å². The van der Waals surface area contributed by atoms with E-state index in [9.17, 15) is 4.79 Å². The molecular formula is C12H24N2O4. The molecule has 0 aromatic heterocycles. The molecule has 1 heterocycles. The zero-order valence-electron chi connectivity index (χ0n) is 11.0. The average Bonchev–Trinajstić information content (AvgIpc) is 2.41. The maximum Gasteiger partial charge on any atom is 0.409 e. The molecule has 0 aromatic rings. The number of carbonyl (C=O) groups is 1. The van der Waals surface area contributed by atoms with Gasteiger partial charge in [-0.2, -0.15) is 0 Å². The molecule has 3 N–H and O–H groups in total. The number of nitrogens with zero attached hydrogens (tertiary/aromatic N) is 1. The van der Waals surface area contributed by atoms with Crippen LogP contribution < -0.4 is 5.32 Å². The van der Waals surface area contributed by atoms with Gasteiger partial charge in [-0.25, -0.2) is 4.79 Å². The van der Waals surface area contributed by atoms with Crippen molar-refractivity contribution < 1.29 is 19.7 Å². The van der Waals surface area contributed by atoms with Crippen molar-refractivity contribution in [2.45, 2.75) is 25.3 Å². The molecule has 1 saturated heterocycles. The van der Waals surface area contributed by atoms with Crippen molar-refractivity contribution in [1.82, 2.24) is 10.2 Å². The lowest BCUT2D eigenvalue weighted by molar-refractivity contribution is 0.0866. The SMILES string of the molecule is COC(=O)N1CC(CCCO)CC(NCCO)C1. The first-order valence-corrected chi connectivity index (χ1v) is 6.49. The normalized spacial score (nSPS) is 24.1. The van der Waals surface area contributed by atoms with Crippen LogP contribution in [0.1, 0.15) is 19.3 Å². The molecule has 0 spiro atoms. The zero-order valence-corrected chi connectivity index (χ0v) is 11.0. The fourth-order valence-electron chi connectivity index (χ4n) is 2.49. The number of hydrogen-bond acceptors (Lipinski definition) is 5. The predicted octanol–water partition coefficient (Wildman–Crippen LogP) is -0.202. The highest BCUT2D eigenvalue weighted by Gasteiger charge is 2.29. The van der Waals surface area contributed by atoms with Gasteiger partial charge in [-0.05, 0) is 25.2 Å². The average molecular weight is 260 g/mol. The molecule has 1 aliphatic heterocycles. The van der Waals surface area contributed by atoms with Crippen LogP contribution in [-0.4, -0.2) is 67.2 Å². The van der Waals surface area contributed by atoms with Crippen molar-refractivity contribution in [3.63, 3.8) is 0 Å². The Hall–Kier alpha value is -0.850. The van der Waals surface area contributed by atoms with Crippen LogP contribution in [0.15, 0.2) is 0 Å². The monoisotopic (exact) mass is 260 g/mol. The topological polar surface area (TPSA) is 82.0 Å². The minimum Gasteiger partial charge on any atom is -0.453 e. The van der Waals surface area contributed by atoms with Crippen molar-refractivity contribution >= 4 is 6.09 Å². The standard InChI is InChI=1S/C12H24N2O4/c1-18-12(17)14-8-10(3-2-5-15)7-11(9-14)13-4-6-16/h10-11,13,15-16H,2-9H2,1H3. The highest BCUT2D eigenvalue weighted by Crippen LogP contribution is 2.21. The lowest BCUT2D eigenvalue weighted by Gasteiger charge is -2.37. The summed E-state index contributed by atoms with van der Waals surface area (Å²) in [6.07, 6.45) is 2.32. The van der Waals surface area contributed by atoms with Gasteiger partial charge < -0.3 is 25.2 Å². The lowest BCUT2D eigenvalue weighted by atomic mass is 9.90. The molecule has 0 aromatic carbocycles. The summed E-state index contributed by atoms with van der Waals surface area (Å²) in [7, 11) is 1.38. The molecule has 1 fully saturated rings. The second-order valence-electron chi connectivity index (χ2n) is 4.72. The second kappa shape index (κ2) is 8.29. The van der Waals surface area contributed by atoms with Crippen molar-refractivity contribution in [1.29, 1.82) is 0 Å². The Labute approximate surface area is 108 Å². The van der Waals surface area contributed by atoms with E-state index in [4.69, 9.17) is 14.9 Å². The number of aliphatic hydroxyl groups excluding tert-OH is 2. The van der Waals surface area contributed by atoms with Crippen LogP contribution in [-0.2, 0) is 4.74 Å². The number of likely N-dealkylation sites (tertiary alicyclic amines) is 1. The summed E-state index contributed by atoms with van der Waals surface area (Å²) in [5, 5.41) is 20.9. The highest BCUT2D eigenvalue weighted by atomic mass is 16.5. The van der Waals surface area contributed by atoms with Crippen LogP contribution in [0.4, 0.5) is 4.79 Å². The third-order valence-electron chi connectivity index (χ3n) is 3.29. The highest BCUT2D eigenvalue weighted by molar-refractivity contribution is 5.67. The van der Waals surface area contributed by atoms with Crippen LogP contribution in [0, 0.1) is 5.92 Å². The van der Waals surface area contributed by atoms with Crippen molar-refractivity contribution in [2.24, 2.45) is 5.92 Å². The Morgan fingerprint density at radius 3 is 2.78 bits per heavy atom. The first kappa shape index (κ1) is 15.2. The van der Waals surface area contributed by atoms with E-state index >= 15 is 0 Å². The smallest absolute Gasteiger partial charge is 0.409 e.